The molecule has 0 aromatic heterocycles. The molecule has 0 spiro atoms. The molecule has 0 aliphatic carbocycles. The fourth-order valence-electron chi connectivity index (χ4n) is 3.32. The normalized spacial score (nSPS) is 18.0. The molecule has 1 fully saturated rings. The lowest BCUT2D eigenvalue weighted by Gasteiger charge is -2.24. The fourth-order valence-corrected chi connectivity index (χ4v) is 3.32. The predicted molar refractivity (Wildman–Crippen MR) is 99.2 cm³/mol. The Hall–Kier alpha value is -2.10. The van der Waals surface area contributed by atoms with Crippen molar-refractivity contribution in [1.29, 1.82) is 0 Å². The zero-order chi connectivity index (χ0) is 18.1. The van der Waals surface area contributed by atoms with Gasteiger partial charge in [-0.2, -0.15) is 0 Å². The Bertz CT molecular complexity index is 570. The van der Waals surface area contributed by atoms with Crippen LogP contribution >= 0.6 is 0 Å². The maximum Gasteiger partial charge on any atom is 0.416 e. The lowest BCUT2D eigenvalue weighted by molar-refractivity contribution is -0.133. The minimum absolute atomic E-state index is 0.111. The number of cyclic esters (lactones) is 1. The lowest BCUT2D eigenvalue weighted by atomic mass is 9.95. The molecule has 1 aliphatic heterocycles. The number of unbranched alkanes of at least 4 members (excludes halogenated alkanes) is 3. The molecule has 1 aliphatic rings. The summed E-state index contributed by atoms with van der Waals surface area (Å²) >= 11 is 0. The summed E-state index contributed by atoms with van der Waals surface area (Å²) in [6.45, 7) is 6.21. The first-order chi connectivity index (χ1) is 12.2. The van der Waals surface area contributed by atoms with E-state index in [-0.39, 0.29) is 24.5 Å². The standard InChI is InChI=1S/C21H29NO3/c1-3-5-6-10-14-18(11-4-2)20(23)22-19(16-25-21(22)24)15-17-12-8-7-9-13-17/h4,7-9,12-13,18-19H,2-3,5-6,10-11,14-16H2,1H3. The van der Waals surface area contributed by atoms with Gasteiger partial charge in [-0.3, -0.25) is 4.79 Å². The molecule has 4 heteroatoms. The largest absolute Gasteiger partial charge is 0.447 e. The van der Waals surface area contributed by atoms with Crippen LogP contribution in [-0.4, -0.2) is 29.5 Å². The van der Waals surface area contributed by atoms with Gasteiger partial charge in [0.15, 0.2) is 0 Å². The maximum atomic E-state index is 13.0. The maximum absolute atomic E-state index is 13.0. The Morgan fingerprint density at radius 1 is 1.32 bits per heavy atom. The molecule has 4 nitrogen and oxygen atoms in total. The summed E-state index contributed by atoms with van der Waals surface area (Å²) in [7, 11) is 0. The van der Waals surface area contributed by atoms with Crippen molar-refractivity contribution in [3.05, 3.63) is 48.6 Å². The van der Waals surface area contributed by atoms with E-state index >= 15 is 0 Å². The number of carbonyl (C=O) groups excluding carboxylic acids is 2. The van der Waals surface area contributed by atoms with Crippen molar-refractivity contribution in [3.63, 3.8) is 0 Å². The highest BCUT2D eigenvalue weighted by Crippen LogP contribution is 2.24. The molecule has 0 N–H and O–H groups in total. The molecule has 2 unspecified atom stereocenters. The van der Waals surface area contributed by atoms with E-state index in [2.05, 4.69) is 13.5 Å². The van der Waals surface area contributed by atoms with E-state index in [1.807, 2.05) is 30.3 Å². The first-order valence-electron chi connectivity index (χ1n) is 9.32. The fraction of sp³-hybridized carbons (Fsp3) is 0.524. The second-order valence-electron chi connectivity index (χ2n) is 6.70. The average molecular weight is 343 g/mol. The Morgan fingerprint density at radius 2 is 2.08 bits per heavy atom. The first kappa shape index (κ1) is 19.2. The van der Waals surface area contributed by atoms with Crippen LogP contribution in [0, 0.1) is 5.92 Å². The molecule has 2 rings (SSSR count). The number of amides is 2. The van der Waals surface area contributed by atoms with E-state index in [1.54, 1.807) is 6.08 Å². The van der Waals surface area contributed by atoms with Crippen molar-refractivity contribution in [2.45, 2.75) is 57.9 Å². The summed E-state index contributed by atoms with van der Waals surface area (Å²) in [6, 6.07) is 9.69. The van der Waals surface area contributed by atoms with Gasteiger partial charge in [-0.1, -0.05) is 69.0 Å². The van der Waals surface area contributed by atoms with Crippen molar-refractivity contribution in [2.24, 2.45) is 5.92 Å². The Kier molecular flexibility index (Phi) is 7.71. The Balaban J connectivity index is 2.03. The first-order valence-corrected chi connectivity index (χ1v) is 9.32. The quantitative estimate of drug-likeness (QED) is 0.455. The molecular weight excluding hydrogens is 314 g/mol. The van der Waals surface area contributed by atoms with Crippen molar-refractivity contribution in [1.82, 2.24) is 4.90 Å². The number of carbonyl (C=O) groups is 2. The highest BCUT2D eigenvalue weighted by atomic mass is 16.6. The summed E-state index contributed by atoms with van der Waals surface area (Å²) in [4.78, 5) is 26.5. The van der Waals surface area contributed by atoms with Gasteiger partial charge in [0.05, 0.1) is 6.04 Å². The number of hydrogen-bond acceptors (Lipinski definition) is 3. The van der Waals surface area contributed by atoms with Crippen molar-refractivity contribution < 1.29 is 14.3 Å². The van der Waals surface area contributed by atoms with Crippen molar-refractivity contribution in [3.8, 4) is 0 Å². The van der Waals surface area contributed by atoms with E-state index < -0.39 is 6.09 Å². The molecular formula is C21H29NO3. The summed E-state index contributed by atoms with van der Waals surface area (Å²) in [5.41, 5.74) is 1.10. The van der Waals surface area contributed by atoms with Crippen LogP contribution in [0.1, 0.15) is 51.0 Å². The Morgan fingerprint density at radius 3 is 2.76 bits per heavy atom. The van der Waals surface area contributed by atoms with Gasteiger partial charge in [-0.15, -0.1) is 6.58 Å². The van der Waals surface area contributed by atoms with Crippen LogP contribution in [0.4, 0.5) is 4.79 Å². The topological polar surface area (TPSA) is 46.6 Å². The minimum atomic E-state index is -0.506. The van der Waals surface area contributed by atoms with E-state index in [1.165, 1.54) is 11.3 Å². The number of hydrogen-bond donors (Lipinski definition) is 0. The minimum Gasteiger partial charge on any atom is -0.447 e. The van der Waals surface area contributed by atoms with Gasteiger partial charge in [-0.25, -0.2) is 9.69 Å². The van der Waals surface area contributed by atoms with Gasteiger partial charge in [0.1, 0.15) is 6.61 Å². The summed E-state index contributed by atoms with van der Waals surface area (Å²) < 4.78 is 5.18. The molecule has 2 atom stereocenters. The van der Waals surface area contributed by atoms with Gasteiger partial charge in [-0.05, 0) is 24.8 Å². The molecule has 1 aromatic rings. The number of ether oxygens (including phenoxy) is 1. The van der Waals surface area contributed by atoms with E-state index in [0.717, 1.165) is 31.2 Å². The molecule has 1 aromatic carbocycles. The second kappa shape index (κ2) is 10.0. The lowest BCUT2D eigenvalue weighted by Crippen LogP contribution is -2.43. The van der Waals surface area contributed by atoms with Gasteiger partial charge < -0.3 is 4.74 Å². The third kappa shape index (κ3) is 5.45. The number of allylic oxidation sites excluding steroid dienone is 1. The van der Waals surface area contributed by atoms with E-state index in [0.29, 0.717) is 12.8 Å². The van der Waals surface area contributed by atoms with Crippen LogP contribution in [0.5, 0.6) is 0 Å². The van der Waals surface area contributed by atoms with Crippen molar-refractivity contribution >= 4 is 12.0 Å². The Labute approximate surface area is 150 Å². The predicted octanol–water partition coefficient (Wildman–Crippen LogP) is 4.74. The molecule has 25 heavy (non-hydrogen) atoms. The third-order valence-corrected chi connectivity index (χ3v) is 4.72. The second-order valence-corrected chi connectivity index (χ2v) is 6.70. The zero-order valence-corrected chi connectivity index (χ0v) is 15.2. The smallest absolute Gasteiger partial charge is 0.416 e. The van der Waals surface area contributed by atoms with Gasteiger partial charge >= 0.3 is 6.09 Å². The van der Waals surface area contributed by atoms with Gasteiger partial charge in [0.25, 0.3) is 0 Å². The molecule has 2 amide bonds. The number of benzene rings is 1. The summed E-state index contributed by atoms with van der Waals surface area (Å²) in [5.74, 6) is -0.293. The number of nitrogens with zero attached hydrogens (tertiary/aromatic N) is 1. The van der Waals surface area contributed by atoms with Crippen molar-refractivity contribution in [2.75, 3.05) is 6.61 Å². The molecule has 136 valence electrons. The molecule has 0 radical (unpaired) electrons. The SMILES string of the molecule is C=CCC(CCCCCC)C(=O)N1C(=O)OCC1Cc1ccccc1. The van der Waals surface area contributed by atoms with Gasteiger partial charge in [0.2, 0.25) is 5.91 Å². The molecule has 0 bridgehead atoms. The number of imide groups is 1. The monoisotopic (exact) mass is 343 g/mol. The van der Waals surface area contributed by atoms with Gasteiger partial charge in [0, 0.05) is 5.92 Å². The van der Waals surface area contributed by atoms with E-state index in [4.69, 9.17) is 4.74 Å². The number of rotatable bonds is 10. The molecule has 1 saturated heterocycles. The summed E-state index contributed by atoms with van der Waals surface area (Å²) in [6.07, 6.45) is 7.77. The van der Waals surface area contributed by atoms with Crippen LogP contribution in [-0.2, 0) is 16.0 Å². The van der Waals surface area contributed by atoms with Crippen LogP contribution in [0.15, 0.2) is 43.0 Å². The third-order valence-electron chi connectivity index (χ3n) is 4.72. The highest BCUT2D eigenvalue weighted by molar-refractivity contribution is 5.94. The summed E-state index contributed by atoms with van der Waals surface area (Å²) in [5, 5.41) is 0. The zero-order valence-electron chi connectivity index (χ0n) is 15.2. The van der Waals surface area contributed by atoms with Crippen LogP contribution < -0.4 is 0 Å². The molecule has 1 heterocycles. The van der Waals surface area contributed by atoms with Crippen LogP contribution in [0.3, 0.4) is 0 Å². The molecule has 0 saturated carbocycles. The highest BCUT2D eigenvalue weighted by Gasteiger charge is 2.40. The average Bonchev–Trinajstić information content (AvgIpc) is 2.98. The van der Waals surface area contributed by atoms with Crippen LogP contribution in [0.2, 0.25) is 0 Å². The van der Waals surface area contributed by atoms with Crippen LogP contribution in [0.25, 0.3) is 0 Å². The van der Waals surface area contributed by atoms with E-state index in [9.17, 15) is 9.59 Å².